The monoisotopic (exact) mass is 709 g/mol. The van der Waals surface area contributed by atoms with Gasteiger partial charge in [-0.1, -0.05) is 35.9 Å². The zero-order chi connectivity index (χ0) is 35.9. The summed E-state index contributed by atoms with van der Waals surface area (Å²) in [5.41, 5.74) is -0.621. The van der Waals surface area contributed by atoms with E-state index in [1.165, 1.54) is 17.2 Å². The van der Waals surface area contributed by atoms with E-state index in [2.05, 4.69) is 14.8 Å². The number of pyridine rings is 1. The highest BCUT2D eigenvalue weighted by Gasteiger charge is 2.37. The molecule has 14 heteroatoms. The number of rotatable bonds is 7. The summed E-state index contributed by atoms with van der Waals surface area (Å²) in [5, 5.41) is 1.03. The summed E-state index contributed by atoms with van der Waals surface area (Å²) in [4.78, 5) is 35.7. The number of fused-ring (bicyclic) bond motifs is 2. The molecule has 6 rings (SSSR count). The predicted molar refractivity (Wildman–Crippen MR) is 186 cm³/mol. The Labute approximate surface area is 294 Å². The number of nitrogens with zero attached hydrogens (tertiary/aromatic N) is 7. The van der Waals surface area contributed by atoms with Crippen molar-refractivity contribution >= 4 is 45.2 Å². The molecule has 4 heterocycles. The second kappa shape index (κ2) is 14.1. The van der Waals surface area contributed by atoms with E-state index in [1.54, 1.807) is 45.0 Å². The van der Waals surface area contributed by atoms with Crippen molar-refractivity contribution in [3.63, 3.8) is 0 Å². The number of ether oxygens (including phenoxy) is 2. The summed E-state index contributed by atoms with van der Waals surface area (Å²) in [6.45, 7) is 17.9. The lowest BCUT2D eigenvalue weighted by atomic mass is 10.0. The first-order chi connectivity index (χ1) is 23.8. The Morgan fingerprint density at radius 2 is 1.90 bits per heavy atom. The van der Waals surface area contributed by atoms with E-state index in [9.17, 15) is 13.6 Å². The number of halogens is 4. The molecule has 4 aromatic rings. The van der Waals surface area contributed by atoms with Crippen LogP contribution in [0, 0.1) is 18.2 Å². The molecule has 2 saturated heterocycles. The van der Waals surface area contributed by atoms with Gasteiger partial charge >= 0.3 is 12.1 Å². The van der Waals surface area contributed by atoms with E-state index < -0.39 is 35.5 Å². The van der Waals surface area contributed by atoms with E-state index in [0.29, 0.717) is 16.6 Å². The number of carbonyl (C=O) groups is 1. The number of alkyl halides is 1. The van der Waals surface area contributed by atoms with Gasteiger partial charge in [0.25, 0.3) is 0 Å². The average molecular weight is 710 g/mol. The van der Waals surface area contributed by atoms with E-state index >= 15 is 4.39 Å². The van der Waals surface area contributed by atoms with Crippen LogP contribution >= 0.6 is 11.6 Å². The van der Waals surface area contributed by atoms with Gasteiger partial charge in [0.05, 0.1) is 10.4 Å². The van der Waals surface area contributed by atoms with Crippen LogP contribution in [0.5, 0.6) is 6.01 Å². The average Bonchev–Trinajstić information content (AvgIpc) is 3.45. The van der Waals surface area contributed by atoms with Gasteiger partial charge in [0.1, 0.15) is 47.3 Å². The van der Waals surface area contributed by atoms with Crippen LogP contribution in [0.1, 0.15) is 41.0 Å². The van der Waals surface area contributed by atoms with Crippen LogP contribution in [-0.4, -0.2) is 100 Å². The highest BCUT2D eigenvalue weighted by molar-refractivity contribution is 6.36. The summed E-state index contributed by atoms with van der Waals surface area (Å²) < 4.78 is 57.6. The number of anilines is 1. The molecule has 2 fully saturated rings. The van der Waals surface area contributed by atoms with Crippen molar-refractivity contribution < 1.29 is 27.4 Å². The van der Waals surface area contributed by atoms with Gasteiger partial charge in [0.15, 0.2) is 5.82 Å². The summed E-state index contributed by atoms with van der Waals surface area (Å²) >= 11 is 6.39. The van der Waals surface area contributed by atoms with Crippen LogP contribution in [0.2, 0.25) is 5.02 Å². The summed E-state index contributed by atoms with van der Waals surface area (Å²) in [6, 6.07) is 7.07. The Hall–Kier alpha value is -4.41. The molecule has 0 aliphatic carbocycles. The smallest absolute Gasteiger partial charge is 0.410 e. The van der Waals surface area contributed by atoms with E-state index in [4.69, 9.17) is 32.6 Å². The van der Waals surface area contributed by atoms with Crippen LogP contribution in [-0.2, 0) is 4.74 Å². The van der Waals surface area contributed by atoms with Crippen molar-refractivity contribution in [2.75, 3.05) is 44.2 Å². The molecule has 0 saturated carbocycles. The Bertz CT molecular complexity index is 1970. The topological polar surface area (TPSA) is 88.3 Å². The number of benzene rings is 2. The Balaban J connectivity index is 1.43. The normalized spacial score (nSPS) is 20.1. The van der Waals surface area contributed by atoms with Crippen LogP contribution in [0.4, 0.5) is 23.8 Å². The molecule has 0 N–H and O–H groups in total. The molecule has 0 radical (unpaired) electrons. The van der Waals surface area contributed by atoms with Crippen molar-refractivity contribution in [1.82, 2.24) is 24.8 Å². The van der Waals surface area contributed by atoms with Gasteiger partial charge in [-0.25, -0.2) is 24.5 Å². The lowest BCUT2D eigenvalue weighted by Crippen LogP contribution is -2.57. The van der Waals surface area contributed by atoms with Crippen LogP contribution in [0.15, 0.2) is 36.5 Å². The molecule has 2 aliphatic rings. The lowest BCUT2D eigenvalue weighted by molar-refractivity contribution is 0.0155. The van der Waals surface area contributed by atoms with Gasteiger partial charge in [-0.3, -0.25) is 14.8 Å². The minimum Gasteiger partial charge on any atom is -0.462 e. The quantitative estimate of drug-likeness (QED) is 0.185. The Morgan fingerprint density at radius 3 is 2.62 bits per heavy atom. The second-order valence-electron chi connectivity index (χ2n) is 14.0. The Kier molecular flexibility index (Phi) is 9.97. The standard InChI is InChI=1S/C36H39ClF3N7O3/c1-20(2)47-17-22(38)14-23(47)19-49-34-43-32-26(16-42-31(30(32)40)25-9-7-8-21-10-11-27(39)29(37)28(21)25)33(44-34)45-12-13-46(24(18-45)15-41-6)35(48)50-36(3,4)5/h7-11,16,20,22-24H,12-15,17-19H2,1-5H3/t22-,23+,24+/m1/s1. The molecule has 0 unspecified atom stereocenters. The molecule has 0 bridgehead atoms. The molecular formula is C36H39ClF3N7O3. The molecule has 3 atom stereocenters. The van der Waals surface area contributed by atoms with Gasteiger partial charge in [0, 0.05) is 55.4 Å². The van der Waals surface area contributed by atoms with E-state index in [1.807, 2.05) is 23.6 Å². The molecule has 2 aromatic heterocycles. The number of hydrogen-bond acceptors (Lipinski definition) is 8. The first-order valence-corrected chi connectivity index (χ1v) is 17.0. The second-order valence-corrected chi connectivity index (χ2v) is 14.4. The highest BCUT2D eigenvalue weighted by Crippen LogP contribution is 2.38. The van der Waals surface area contributed by atoms with Gasteiger partial charge in [0.2, 0.25) is 6.54 Å². The highest BCUT2D eigenvalue weighted by atomic mass is 35.5. The van der Waals surface area contributed by atoms with Crippen LogP contribution < -0.4 is 9.64 Å². The number of carbonyl (C=O) groups excluding carboxylic acids is 1. The first-order valence-electron chi connectivity index (χ1n) is 16.6. The molecule has 0 spiro atoms. The minimum atomic E-state index is -0.997. The summed E-state index contributed by atoms with van der Waals surface area (Å²) in [7, 11) is 0. The third-order valence-electron chi connectivity index (χ3n) is 9.02. The molecule has 10 nitrogen and oxygen atoms in total. The van der Waals surface area contributed by atoms with Gasteiger partial charge in [-0.15, -0.1) is 0 Å². The number of aromatic nitrogens is 3. The fourth-order valence-corrected chi connectivity index (χ4v) is 7.02. The number of likely N-dealkylation sites (tertiary alicyclic amines) is 1. The fourth-order valence-electron chi connectivity index (χ4n) is 6.74. The number of piperazine rings is 1. The van der Waals surface area contributed by atoms with Crippen molar-refractivity contribution in [2.45, 2.75) is 70.9 Å². The van der Waals surface area contributed by atoms with Crippen molar-refractivity contribution in [2.24, 2.45) is 0 Å². The number of hydrogen-bond donors (Lipinski definition) is 0. The van der Waals surface area contributed by atoms with Crippen LogP contribution in [0.25, 0.3) is 37.8 Å². The van der Waals surface area contributed by atoms with Gasteiger partial charge in [-0.05, 0) is 52.5 Å². The molecular weight excluding hydrogens is 671 g/mol. The molecule has 264 valence electrons. The third-order valence-corrected chi connectivity index (χ3v) is 9.39. The van der Waals surface area contributed by atoms with Crippen molar-refractivity contribution in [3.05, 3.63) is 64.6 Å². The fraction of sp³-hybridized carbons (Fsp3) is 0.472. The zero-order valence-corrected chi connectivity index (χ0v) is 29.3. The molecule has 50 heavy (non-hydrogen) atoms. The van der Waals surface area contributed by atoms with Crippen LogP contribution in [0.3, 0.4) is 0 Å². The van der Waals surface area contributed by atoms with Gasteiger partial charge < -0.3 is 19.2 Å². The summed E-state index contributed by atoms with van der Waals surface area (Å²) in [5.74, 6) is -1.13. The third kappa shape index (κ3) is 7.09. The van der Waals surface area contributed by atoms with E-state index in [0.717, 1.165) is 0 Å². The Morgan fingerprint density at radius 1 is 1.12 bits per heavy atom. The van der Waals surface area contributed by atoms with Crippen molar-refractivity contribution in [3.8, 4) is 17.3 Å². The molecule has 1 amide bonds. The predicted octanol–water partition coefficient (Wildman–Crippen LogP) is 7.32. The van der Waals surface area contributed by atoms with Crippen molar-refractivity contribution in [1.29, 1.82) is 0 Å². The number of amides is 1. The van der Waals surface area contributed by atoms with Gasteiger partial charge in [-0.2, -0.15) is 9.97 Å². The molecule has 2 aliphatic heterocycles. The molecule has 2 aromatic carbocycles. The zero-order valence-electron chi connectivity index (χ0n) is 28.6. The largest absolute Gasteiger partial charge is 0.462 e. The van der Waals surface area contributed by atoms with E-state index in [-0.39, 0.29) is 91.0 Å². The maximum atomic E-state index is 16.8. The summed E-state index contributed by atoms with van der Waals surface area (Å²) in [6.07, 6.45) is 0.212. The SMILES string of the molecule is [C-]#[N+]C[C@H]1CN(c2nc(OC[C@@H]3C[C@@H](F)CN3C(C)C)nc3c(F)c(-c4cccc5ccc(F)c(Cl)c45)ncc23)CCN1C(=O)OC(C)(C)C. The lowest BCUT2D eigenvalue weighted by Gasteiger charge is -2.40. The first kappa shape index (κ1) is 35.4. The minimum absolute atomic E-state index is 0.00832. The maximum Gasteiger partial charge on any atom is 0.410 e. The maximum absolute atomic E-state index is 16.8.